The van der Waals surface area contributed by atoms with Crippen LogP contribution in [-0.4, -0.2) is 0 Å². The predicted molar refractivity (Wildman–Crippen MR) is 69.1 cm³/mol. The van der Waals surface area contributed by atoms with Gasteiger partial charge in [-0.05, 0) is 11.1 Å². The quantitative estimate of drug-likeness (QED) is 0.719. The third kappa shape index (κ3) is 3.58. The van der Waals surface area contributed by atoms with Crippen molar-refractivity contribution < 1.29 is 8.62 Å². The summed E-state index contributed by atoms with van der Waals surface area (Å²) >= 11 is 0.220. The molecule has 0 amide bonds. The zero-order valence-corrected chi connectivity index (χ0v) is 10.1. The van der Waals surface area contributed by atoms with E-state index in [0.717, 1.165) is 11.1 Å². The summed E-state index contributed by atoms with van der Waals surface area (Å²) in [6, 6.07) is 19.1. The first kappa shape index (κ1) is 12.1. The maximum absolute atomic E-state index is 12.8. The summed E-state index contributed by atoms with van der Waals surface area (Å²) in [5, 5.41) is 0. The Labute approximate surface area is 105 Å². The van der Waals surface area contributed by atoms with E-state index in [1.165, 1.54) is 0 Å². The Bertz CT molecular complexity index is 432. The van der Waals surface area contributed by atoms with Crippen molar-refractivity contribution in [2.24, 2.45) is 0 Å². The Morgan fingerprint density at radius 1 is 0.941 bits per heavy atom. The summed E-state index contributed by atoms with van der Waals surface area (Å²) in [4.78, 5) is 0. The molecule has 0 aliphatic heterocycles. The fraction of sp³-hybridized carbons (Fsp3) is 0.143. The van der Waals surface area contributed by atoms with E-state index < -0.39 is 5.44 Å². The molecule has 0 N–H and O–H groups in total. The van der Waals surface area contributed by atoms with Gasteiger partial charge in [0.25, 0.3) is 0 Å². The van der Waals surface area contributed by atoms with Crippen LogP contribution in [0.3, 0.4) is 0 Å². The lowest BCUT2D eigenvalue weighted by atomic mass is 10.2. The molecule has 0 spiro atoms. The summed E-state index contributed by atoms with van der Waals surface area (Å²) < 4.78 is 18.4. The summed E-state index contributed by atoms with van der Waals surface area (Å²) in [6.45, 7) is 0.414. The molecule has 2 aromatic rings. The van der Waals surface area contributed by atoms with Crippen LogP contribution in [0.1, 0.15) is 16.6 Å². The Morgan fingerprint density at radius 3 is 2.12 bits per heavy atom. The molecule has 0 saturated carbocycles. The third-order valence-corrected chi connectivity index (χ3v) is 2.97. The largest absolute Gasteiger partial charge is 0.355 e. The zero-order chi connectivity index (χ0) is 11.9. The van der Waals surface area contributed by atoms with Gasteiger partial charge in [0.2, 0.25) is 0 Å². The summed E-state index contributed by atoms with van der Waals surface area (Å²) in [5.74, 6) is 0. The molecule has 1 unspecified atom stereocenters. The van der Waals surface area contributed by atoms with Gasteiger partial charge in [0.1, 0.15) is 0 Å². The van der Waals surface area contributed by atoms with Gasteiger partial charge in [-0.2, -0.15) is 3.89 Å². The highest BCUT2D eigenvalue weighted by Crippen LogP contribution is 2.31. The molecule has 2 aromatic carbocycles. The molecule has 0 aliphatic carbocycles. The normalized spacial score (nSPS) is 12.3. The molecule has 88 valence electrons. The highest BCUT2D eigenvalue weighted by molar-refractivity contribution is 7.94. The van der Waals surface area contributed by atoms with Gasteiger partial charge in [0, 0.05) is 0 Å². The number of hydrogen-bond donors (Lipinski definition) is 0. The van der Waals surface area contributed by atoms with Gasteiger partial charge in [0.15, 0.2) is 5.44 Å². The van der Waals surface area contributed by atoms with Crippen molar-refractivity contribution in [2.75, 3.05) is 0 Å². The number of halogens is 1. The average molecular weight is 248 g/mol. The van der Waals surface area contributed by atoms with Crippen molar-refractivity contribution >= 4 is 12.1 Å². The minimum Gasteiger partial charge on any atom is -0.355 e. The fourth-order valence-electron chi connectivity index (χ4n) is 1.53. The minimum atomic E-state index is -0.559. The van der Waals surface area contributed by atoms with Crippen LogP contribution < -0.4 is 0 Å². The van der Waals surface area contributed by atoms with Crippen molar-refractivity contribution in [1.82, 2.24) is 0 Å². The molecule has 2 rings (SSSR count). The maximum atomic E-state index is 12.8. The molecule has 1 atom stereocenters. The van der Waals surface area contributed by atoms with Crippen LogP contribution in [0.15, 0.2) is 60.7 Å². The van der Waals surface area contributed by atoms with Gasteiger partial charge < -0.3 is 4.74 Å². The van der Waals surface area contributed by atoms with Crippen molar-refractivity contribution in [3.63, 3.8) is 0 Å². The molecular weight excluding hydrogens is 235 g/mol. The first-order valence-corrected chi connectivity index (χ1v) is 6.16. The van der Waals surface area contributed by atoms with Gasteiger partial charge in [0.05, 0.1) is 18.8 Å². The molecule has 0 heterocycles. The van der Waals surface area contributed by atoms with Crippen molar-refractivity contribution in [2.45, 2.75) is 12.0 Å². The third-order valence-electron chi connectivity index (χ3n) is 2.40. The van der Waals surface area contributed by atoms with Crippen molar-refractivity contribution in [1.29, 1.82) is 0 Å². The molecule has 0 saturated heterocycles. The first-order valence-electron chi connectivity index (χ1n) is 5.38. The van der Waals surface area contributed by atoms with Crippen molar-refractivity contribution in [3.05, 3.63) is 71.8 Å². The molecule has 0 radical (unpaired) electrons. The first-order chi connectivity index (χ1) is 8.40. The van der Waals surface area contributed by atoms with E-state index in [4.69, 9.17) is 4.74 Å². The minimum absolute atomic E-state index is 0.220. The van der Waals surface area contributed by atoms with E-state index in [0.29, 0.717) is 6.61 Å². The highest BCUT2D eigenvalue weighted by Gasteiger charge is 2.12. The molecule has 0 aliphatic rings. The average Bonchev–Trinajstić information content (AvgIpc) is 2.42. The fourth-order valence-corrected chi connectivity index (χ4v) is 1.91. The topological polar surface area (TPSA) is 9.23 Å². The molecule has 0 aromatic heterocycles. The molecule has 1 nitrogen and oxygen atoms in total. The summed E-state index contributed by atoms with van der Waals surface area (Å²) in [6.07, 6.45) is 0. The van der Waals surface area contributed by atoms with Crippen LogP contribution in [0.4, 0.5) is 3.89 Å². The van der Waals surface area contributed by atoms with E-state index in [1.807, 2.05) is 60.7 Å². The molecule has 0 fully saturated rings. The van der Waals surface area contributed by atoms with Gasteiger partial charge in [-0.3, -0.25) is 0 Å². The Kier molecular flexibility index (Phi) is 4.59. The lowest BCUT2D eigenvalue weighted by Gasteiger charge is -2.13. The Hall–Kier alpha value is -1.32. The van der Waals surface area contributed by atoms with E-state index in [2.05, 4.69) is 0 Å². The van der Waals surface area contributed by atoms with E-state index in [9.17, 15) is 3.89 Å². The number of benzene rings is 2. The monoisotopic (exact) mass is 248 g/mol. The number of rotatable bonds is 5. The standard InChI is InChI=1S/C14H13FOS/c15-17-14(13-9-5-2-6-10-13)16-11-12-7-3-1-4-8-12/h1-10,14H,11H2. The maximum Gasteiger partial charge on any atom is 0.159 e. The lowest BCUT2D eigenvalue weighted by Crippen LogP contribution is -1.99. The van der Waals surface area contributed by atoms with Crippen LogP contribution in [0.5, 0.6) is 0 Å². The van der Waals surface area contributed by atoms with Crippen LogP contribution in [-0.2, 0) is 11.3 Å². The highest BCUT2D eigenvalue weighted by atomic mass is 32.2. The van der Waals surface area contributed by atoms with Crippen LogP contribution in [0, 0.1) is 0 Å². The number of ether oxygens (including phenoxy) is 1. The summed E-state index contributed by atoms with van der Waals surface area (Å²) in [5.41, 5.74) is 1.33. The van der Waals surface area contributed by atoms with E-state index in [1.54, 1.807) is 0 Å². The second kappa shape index (κ2) is 6.42. The molecule has 3 heteroatoms. The van der Waals surface area contributed by atoms with E-state index in [-0.39, 0.29) is 12.1 Å². The SMILES string of the molecule is FSC(OCc1ccccc1)c1ccccc1. The van der Waals surface area contributed by atoms with Crippen LogP contribution in [0.2, 0.25) is 0 Å². The van der Waals surface area contributed by atoms with Crippen molar-refractivity contribution in [3.8, 4) is 0 Å². The Morgan fingerprint density at radius 2 is 1.53 bits per heavy atom. The van der Waals surface area contributed by atoms with Crippen LogP contribution >= 0.6 is 12.1 Å². The molecule has 17 heavy (non-hydrogen) atoms. The Balaban J connectivity index is 1.97. The zero-order valence-electron chi connectivity index (χ0n) is 9.25. The number of hydrogen-bond acceptors (Lipinski definition) is 2. The molecule has 0 bridgehead atoms. The van der Waals surface area contributed by atoms with Gasteiger partial charge >= 0.3 is 0 Å². The van der Waals surface area contributed by atoms with E-state index >= 15 is 0 Å². The van der Waals surface area contributed by atoms with Gasteiger partial charge in [-0.1, -0.05) is 60.7 Å². The predicted octanol–water partition coefficient (Wildman–Crippen LogP) is 4.52. The lowest BCUT2D eigenvalue weighted by molar-refractivity contribution is 0.0975. The van der Waals surface area contributed by atoms with Gasteiger partial charge in [-0.15, -0.1) is 0 Å². The molecular formula is C14H13FOS. The second-order valence-corrected chi connectivity index (χ2v) is 4.23. The summed E-state index contributed by atoms with van der Waals surface area (Å²) in [7, 11) is 0. The van der Waals surface area contributed by atoms with Crippen LogP contribution in [0.25, 0.3) is 0 Å². The second-order valence-electron chi connectivity index (χ2n) is 3.63. The smallest absolute Gasteiger partial charge is 0.159 e. The van der Waals surface area contributed by atoms with Gasteiger partial charge in [-0.25, -0.2) is 0 Å².